The van der Waals surface area contributed by atoms with E-state index in [4.69, 9.17) is 4.98 Å². The summed E-state index contributed by atoms with van der Waals surface area (Å²) in [7, 11) is 0. The zero-order valence-electron chi connectivity index (χ0n) is 24.5. The van der Waals surface area contributed by atoms with Gasteiger partial charge < -0.3 is 9.80 Å². The van der Waals surface area contributed by atoms with Crippen molar-refractivity contribution in [1.29, 1.82) is 0 Å². The summed E-state index contributed by atoms with van der Waals surface area (Å²) in [6.45, 7) is 4.92. The molecular weight excluding hydrogens is 583 g/mol. The average molecular weight is 618 g/mol. The number of halogens is 3. The number of rotatable bonds is 6. The maximum Gasteiger partial charge on any atom is 0.416 e. The lowest BCUT2D eigenvalue weighted by Gasteiger charge is -2.33. The molecule has 0 unspecified atom stereocenters. The summed E-state index contributed by atoms with van der Waals surface area (Å²) < 4.78 is 39.1. The fourth-order valence-corrected chi connectivity index (χ4v) is 7.34. The second-order valence-electron chi connectivity index (χ2n) is 11.7. The first-order chi connectivity index (χ1) is 21.2. The number of thiazole rings is 1. The Morgan fingerprint density at radius 1 is 0.841 bits per heavy atom. The van der Waals surface area contributed by atoms with Crippen molar-refractivity contribution >= 4 is 28.7 Å². The molecular formula is C35H34F3N3O2S. The lowest BCUT2D eigenvalue weighted by Crippen LogP contribution is -2.38. The van der Waals surface area contributed by atoms with Crippen LogP contribution in [0.3, 0.4) is 0 Å². The summed E-state index contributed by atoms with van der Waals surface area (Å²) in [4.78, 5) is 35.8. The van der Waals surface area contributed by atoms with Crippen LogP contribution in [0.2, 0.25) is 0 Å². The minimum absolute atomic E-state index is 0.0191. The van der Waals surface area contributed by atoms with Gasteiger partial charge in [0.25, 0.3) is 5.91 Å². The first-order valence-corrected chi connectivity index (χ1v) is 15.9. The quantitative estimate of drug-likeness (QED) is 0.205. The summed E-state index contributed by atoms with van der Waals surface area (Å²) in [6, 6.07) is 20.3. The van der Waals surface area contributed by atoms with Crippen LogP contribution in [0.25, 0.3) is 11.1 Å². The SMILES string of the molecule is Cc1ccccc1N1CCC(C(=O)c2csc(C3CCN(C(=O)c4ccccc4-c4ccc(C(F)(F)F)cc4)CC3)n2)CC1. The molecule has 0 saturated carbocycles. The van der Waals surface area contributed by atoms with Crippen molar-refractivity contribution in [2.24, 2.45) is 5.92 Å². The van der Waals surface area contributed by atoms with E-state index in [1.54, 1.807) is 29.2 Å². The molecule has 6 rings (SSSR count). The molecule has 228 valence electrons. The zero-order valence-corrected chi connectivity index (χ0v) is 25.3. The van der Waals surface area contributed by atoms with Crippen LogP contribution in [0, 0.1) is 12.8 Å². The summed E-state index contributed by atoms with van der Waals surface area (Å²) in [6.07, 6.45) is -1.31. The van der Waals surface area contributed by atoms with Crippen LogP contribution >= 0.6 is 11.3 Å². The van der Waals surface area contributed by atoms with Crippen molar-refractivity contribution in [3.05, 3.63) is 106 Å². The topological polar surface area (TPSA) is 53.5 Å². The van der Waals surface area contributed by atoms with E-state index in [0.29, 0.717) is 35.5 Å². The van der Waals surface area contributed by atoms with E-state index in [0.717, 1.165) is 55.9 Å². The number of aromatic nitrogens is 1. The molecule has 0 bridgehead atoms. The number of hydrogen-bond donors (Lipinski definition) is 0. The summed E-state index contributed by atoms with van der Waals surface area (Å²) in [5.41, 5.74) is 3.98. The maximum absolute atomic E-state index is 13.5. The molecule has 5 nitrogen and oxygen atoms in total. The predicted octanol–water partition coefficient (Wildman–Crippen LogP) is 8.26. The van der Waals surface area contributed by atoms with Crippen LogP contribution in [-0.2, 0) is 6.18 Å². The number of carbonyl (C=O) groups is 2. The van der Waals surface area contributed by atoms with Gasteiger partial charge in [0.05, 0.1) is 10.6 Å². The third-order valence-electron chi connectivity index (χ3n) is 8.91. The van der Waals surface area contributed by atoms with Gasteiger partial charge in [-0.3, -0.25) is 9.59 Å². The first kappa shape index (κ1) is 30.1. The van der Waals surface area contributed by atoms with E-state index in [-0.39, 0.29) is 23.5 Å². The molecule has 0 aliphatic carbocycles. The molecule has 3 aromatic carbocycles. The molecule has 2 aliphatic heterocycles. The number of para-hydroxylation sites is 1. The Balaban J connectivity index is 1.06. The van der Waals surface area contributed by atoms with Gasteiger partial charge in [-0.2, -0.15) is 13.2 Å². The lowest BCUT2D eigenvalue weighted by molar-refractivity contribution is -0.137. The van der Waals surface area contributed by atoms with Gasteiger partial charge in [0, 0.05) is 54.6 Å². The van der Waals surface area contributed by atoms with Crippen LogP contribution in [0.1, 0.15) is 68.6 Å². The van der Waals surface area contributed by atoms with Gasteiger partial charge >= 0.3 is 6.18 Å². The van der Waals surface area contributed by atoms with Crippen LogP contribution in [0.5, 0.6) is 0 Å². The Labute approximate surface area is 259 Å². The molecule has 0 N–H and O–H groups in total. The minimum Gasteiger partial charge on any atom is -0.371 e. The number of Topliss-reactive ketones (excluding diaryl/α,β-unsaturated/α-hetero) is 1. The minimum atomic E-state index is -4.41. The third kappa shape index (κ3) is 6.29. The molecule has 3 heterocycles. The number of nitrogens with zero attached hydrogens (tertiary/aromatic N) is 3. The van der Waals surface area contributed by atoms with Gasteiger partial charge in [0.2, 0.25) is 0 Å². The highest BCUT2D eigenvalue weighted by Crippen LogP contribution is 2.35. The van der Waals surface area contributed by atoms with Crippen molar-refractivity contribution in [1.82, 2.24) is 9.88 Å². The number of anilines is 1. The molecule has 0 spiro atoms. The van der Waals surface area contributed by atoms with E-state index in [1.165, 1.54) is 34.7 Å². The third-order valence-corrected chi connectivity index (χ3v) is 9.92. The second-order valence-corrected chi connectivity index (χ2v) is 12.6. The Morgan fingerprint density at radius 3 is 2.18 bits per heavy atom. The zero-order chi connectivity index (χ0) is 30.8. The molecule has 2 aliphatic rings. The highest BCUT2D eigenvalue weighted by Gasteiger charge is 2.32. The van der Waals surface area contributed by atoms with Crippen LogP contribution in [0.4, 0.5) is 18.9 Å². The Hall–Kier alpha value is -3.98. The number of alkyl halides is 3. The predicted molar refractivity (Wildman–Crippen MR) is 167 cm³/mol. The van der Waals surface area contributed by atoms with Crippen LogP contribution < -0.4 is 4.90 Å². The van der Waals surface area contributed by atoms with Crippen molar-refractivity contribution in [3.8, 4) is 11.1 Å². The molecule has 1 aromatic heterocycles. The lowest BCUT2D eigenvalue weighted by atomic mass is 9.90. The van der Waals surface area contributed by atoms with Crippen molar-refractivity contribution < 1.29 is 22.8 Å². The van der Waals surface area contributed by atoms with Gasteiger partial charge in [0.15, 0.2) is 5.78 Å². The Kier molecular flexibility index (Phi) is 8.58. The standard InChI is InChI=1S/C35H34F3N3O2S/c1-23-6-2-5-9-31(23)40-18-14-25(15-19-40)32(42)30-22-44-33(39-30)26-16-20-41(21-17-26)34(43)29-8-4-3-7-28(29)24-10-12-27(13-11-24)35(36,37)38/h2-13,22,25-26H,14-21H2,1H3. The number of ketones is 1. The molecule has 44 heavy (non-hydrogen) atoms. The number of likely N-dealkylation sites (tertiary alicyclic amines) is 1. The molecule has 0 radical (unpaired) electrons. The largest absolute Gasteiger partial charge is 0.416 e. The van der Waals surface area contributed by atoms with Gasteiger partial charge in [-0.05, 0) is 73.6 Å². The van der Waals surface area contributed by atoms with Gasteiger partial charge in [-0.15, -0.1) is 11.3 Å². The average Bonchev–Trinajstić information content (AvgIpc) is 3.55. The molecule has 0 atom stereocenters. The second kappa shape index (κ2) is 12.6. The molecule has 1 amide bonds. The first-order valence-electron chi connectivity index (χ1n) is 15.0. The molecule has 2 fully saturated rings. The summed E-state index contributed by atoms with van der Waals surface area (Å²) in [5, 5.41) is 2.84. The van der Waals surface area contributed by atoms with Crippen molar-refractivity contribution in [3.63, 3.8) is 0 Å². The number of benzene rings is 3. The fourth-order valence-electron chi connectivity index (χ4n) is 6.36. The number of amides is 1. The fraction of sp³-hybridized carbons (Fsp3) is 0.343. The Bertz CT molecular complexity index is 1630. The highest BCUT2D eigenvalue weighted by molar-refractivity contribution is 7.09. The van der Waals surface area contributed by atoms with E-state index in [9.17, 15) is 22.8 Å². The van der Waals surface area contributed by atoms with Crippen LogP contribution in [-0.4, -0.2) is 47.8 Å². The van der Waals surface area contributed by atoms with Gasteiger partial charge in [-0.1, -0.05) is 48.5 Å². The Morgan fingerprint density at radius 2 is 1.50 bits per heavy atom. The number of aryl methyl sites for hydroxylation is 1. The monoisotopic (exact) mass is 617 g/mol. The van der Waals surface area contributed by atoms with Gasteiger partial charge in [-0.25, -0.2) is 4.98 Å². The van der Waals surface area contributed by atoms with Crippen molar-refractivity contribution in [2.45, 2.75) is 44.7 Å². The van der Waals surface area contributed by atoms with Gasteiger partial charge in [0.1, 0.15) is 5.69 Å². The van der Waals surface area contributed by atoms with Crippen molar-refractivity contribution in [2.75, 3.05) is 31.1 Å². The van der Waals surface area contributed by atoms with E-state index >= 15 is 0 Å². The number of piperidine rings is 2. The van der Waals surface area contributed by atoms with E-state index < -0.39 is 11.7 Å². The molecule has 4 aromatic rings. The molecule has 9 heteroatoms. The summed E-state index contributed by atoms with van der Waals surface area (Å²) in [5.74, 6) is 0.156. The highest BCUT2D eigenvalue weighted by atomic mass is 32.1. The maximum atomic E-state index is 13.5. The number of hydrogen-bond acceptors (Lipinski definition) is 5. The molecule has 2 saturated heterocycles. The van der Waals surface area contributed by atoms with E-state index in [1.807, 2.05) is 11.4 Å². The smallest absolute Gasteiger partial charge is 0.371 e. The normalized spacial score (nSPS) is 16.7. The summed E-state index contributed by atoms with van der Waals surface area (Å²) >= 11 is 1.53. The van der Waals surface area contributed by atoms with Crippen LogP contribution in [0.15, 0.2) is 78.2 Å². The van der Waals surface area contributed by atoms with E-state index in [2.05, 4.69) is 30.0 Å². The number of carbonyl (C=O) groups excluding carboxylic acids is 2.